The van der Waals surface area contributed by atoms with Crippen LogP contribution in [0.15, 0.2) is 18.2 Å². The number of aliphatic hydroxyl groups excluding tert-OH is 1. The summed E-state index contributed by atoms with van der Waals surface area (Å²) >= 11 is 5.86. The molecule has 1 aliphatic rings. The first-order valence-corrected chi connectivity index (χ1v) is 8.66. The Kier molecular flexibility index (Phi) is 4.69. The minimum absolute atomic E-state index is 0.0867. The number of nitrogens with one attached hydrogen (secondary N) is 1. The van der Waals surface area contributed by atoms with Gasteiger partial charge in [0.05, 0.1) is 11.4 Å². The van der Waals surface area contributed by atoms with Crippen LogP contribution in [0.3, 0.4) is 0 Å². The molecule has 2 rings (SSSR count). The molecule has 1 aromatic rings. The highest BCUT2D eigenvalue weighted by Gasteiger charge is 2.36. The van der Waals surface area contributed by atoms with Gasteiger partial charge in [-0.3, -0.25) is 0 Å². The van der Waals surface area contributed by atoms with Crippen LogP contribution in [0.4, 0.5) is 4.39 Å². The highest BCUT2D eigenvalue weighted by atomic mass is 35.5. The molecule has 20 heavy (non-hydrogen) atoms. The fourth-order valence-corrected chi connectivity index (χ4v) is 3.70. The molecule has 1 aromatic carbocycles. The van der Waals surface area contributed by atoms with Crippen molar-refractivity contribution in [3.63, 3.8) is 0 Å². The predicted octanol–water partition coefficient (Wildman–Crippen LogP) is 1.68. The van der Waals surface area contributed by atoms with E-state index in [0.29, 0.717) is 18.4 Å². The van der Waals surface area contributed by atoms with E-state index in [1.807, 2.05) is 0 Å². The van der Waals surface area contributed by atoms with Gasteiger partial charge in [0, 0.05) is 29.4 Å². The van der Waals surface area contributed by atoms with Gasteiger partial charge in [-0.05, 0) is 25.0 Å². The molecule has 0 bridgehead atoms. The number of hydrogen-bond donors (Lipinski definition) is 2. The Morgan fingerprint density at radius 2 is 2.15 bits per heavy atom. The summed E-state index contributed by atoms with van der Waals surface area (Å²) in [6.45, 7) is 0.256. The normalized spacial score (nSPS) is 24.2. The van der Waals surface area contributed by atoms with Gasteiger partial charge in [-0.2, -0.15) is 0 Å². The predicted molar refractivity (Wildman–Crippen MR) is 76.0 cm³/mol. The van der Waals surface area contributed by atoms with Gasteiger partial charge in [-0.25, -0.2) is 12.8 Å². The van der Waals surface area contributed by atoms with Crippen LogP contribution in [0, 0.1) is 5.82 Å². The van der Waals surface area contributed by atoms with Gasteiger partial charge in [0.2, 0.25) is 0 Å². The van der Waals surface area contributed by atoms with Crippen molar-refractivity contribution in [2.45, 2.75) is 30.2 Å². The average Bonchev–Trinajstić information content (AvgIpc) is 2.24. The third kappa shape index (κ3) is 3.69. The fourth-order valence-electron chi connectivity index (χ4n) is 2.24. The molecular weight excluding hydrogens is 305 g/mol. The van der Waals surface area contributed by atoms with E-state index < -0.39 is 21.8 Å². The molecule has 7 heteroatoms. The molecule has 1 atom stereocenters. The monoisotopic (exact) mass is 321 g/mol. The number of sulfone groups is 1. The van der Waals surface area contributed by atoms with Gasteiger partial charge in [0.25, 0.3) is 0 Å². The molecule has 0 saturated heterocycles. The van der Waals surface area contributed by atoms with E-state index in [2.05, 4.69) is 5.32 Å². The number of rotatable bonds is 5. The van der Waals surface area contributed by atoms with E-state index in [4.69, 9.17) is 11.6 Å². The number of benzene rings is 1. The topological polar surface area (TPSA) is 66.4 Å². The Morgan fingerprint density at radius 1 is 1.50 bits per heavy atom. The average molecular weight is 322 g/mol. The Hall–Kier alpha value is -0.690. The molecule has 0 aromatic heterocycles. The highest BCUT2D eigenvalue weighted by Crippen LogP contribution is 2.28. The van der Waals surface area contributed by atoms with Crippen molar-refractivity contribution in [3.8, 4) is 0 Å². The van der Waals surface area contributed by atoms with E-state index in [1.54, 1.807) is 0 Å². The maximum Gasteiger partial charge on any atom is 0.150 e. The van der Waals surface area contributed by atoms with Gasteiger partial charge < -0.3 is 10.4 Å². The zero-order chi connectivity index (χ0) is 14.9. The molecule has 0 aliphatic heterocycles. The summed E-state index contributed by atoms with van der Waals surface area (Å²) in [6, 6.07) is 3.93. The lowest BCUT2D eigenvalue weighted by molar-refractivity contribution is 0.162. The van der Waals surface area contributed by atoms with E-state index in [0.717, 1.165) is 6.07 Å². The quantitative estimate of drug-likeness (QED) is 0.866. The molecule has 0 radical (unpaired) electrons. The van der Waals surface area contributed by atoms with E-state index >= 15 is 0 Å². The molecule has 2 N–H and O–H groups in total. The second-order valence-electron chi connectivity index (χ2n) is 5.21. The van der Waals surface area contributed by atoms with Crippen molar-refractivity contribution >= 4 is 21.4 Å². The first-order valence-electron chi connectivity index (χ1n) is 6.32. The summed E-state index contributed by atoms with van der Waals surface area (Å²) in [5.41, 5.74) is 0.458. The molecule has 0 heterocycles. The van der Waals surface area contributed by atoms with E-state index in [1.165, 1.54) is 18.4 Å². The van der Waals surface area contributed by atoms with Crippen LogP contribution in [0.2, 0.25) is 5.02 Å². The molecule has 1 aliphatic carbocycles. The van der Waals surface area contributed by atoms with E-state index in [-0.39, 0.29) is 22.9 Å². The third-order valence-corrected chi connectivity index (χ3v) is 5.54. The molecule has 112 valence electrons. The first kappa shape index (κ1) is 15.7. The summed E-state index contributed by atoms with van der Waals surface area (Å²) in [5.74, 6) is -0.450. The zero-order valence-electron chi connectivity index (χ0n) is 11.0. The lowest BCUT2D eigenvalue weighted by Gasteiger charge is -2.35. The molecule has 0 amide bonds. The fraction of sp³-hybridized carbons (Fsp3) is 0.538. The Labute approximate surface area is 122 Å². The Balaban J connectivity index is 1.83. The van der Waals surface area contributed by atoms with Gasteiger partial charge >= 0.3 is 0 Å². The summed E-state index contributed by atoms with van der Waals surface area (Å²) in [7, 11) is -2.97. The Bertz CT molecular complexity index is 587. The first-order chi connectivity index (χ1) is 9.27. The number of hydrogen-bond acceptors (Lipinski definition) is 4. The van der Waals surface area contributed by atoms with Gasteiger partial charge in [-0.1, -0.05) is 17.7 Å². The maximum atomic E-state index is 12.9. The van der Waals surface area contributed by atoms with Crippen molar-refractivity contribution < 1.29 is 17.9 Å². The minimum Gasteiger partial charge on any atom is -0.387 e. The van der Waals surface area contributed by atoms with Crippen LogP contribution < -0.4 is 5.32 Å². The van der Waals surface area contributed by atoms with Crippen LogP contribution in [-0.2, 0) is 9.84 Å². The lowest BCUT2D eigenvalue weighted by Crippen LogP contribution is -2.48. The van der Waals surface area contributed by atoms with E-state index in [9.17, 15) is 17.9 Å². The minimum atomic E-state index is -2.97. The second-order valence-corrected chi connectivity index (χ2v) is 7.94. The summed E-state index contributed by atoms with van der Waals surface area (Å²) in [6.07, 6.45) is 1.51. The number of aliphatic hydroxyl groups is 1. The van der Waals surface area contributed by atoms with Crippen LogP contribution in [0.25, 0.3) is 0 Å². The Morgan fingerprint density at radius 3 is 2.70 bits per heavy atom. The second kappa shape index (κ2) is 5.97. The summed E-state index contributed by atoms with van der Waals surface area (Å²) < 4.78 is 35.4. The van der Waals surface area contributed by atoms with Crippen molar-refractivity contribution in [1.29, 1.82) is 0 Å². The highest BCUT2D eigenvalue weighted by molar-refractivity contribution is 7.91. The number of halogens is 2. The van der Waals surface area contributed by atoms with Crippen LogP contribution in [-0.4, -0.2) is 37.6 Å². The zero-order valence-corrected chi connectivity index (χ0v) is 12.6. The SMILES string of the molecule is CS(=O)(=O)C1CC(NCC(O)c2ccc(F)cc2Cl)C1. The molecule has 1 unspecified atom stereocenters. The van der Waals surface area contributed by atoms with Crippen LogP contribution in [0.1, 0.15) is 24.5 Å². The van der Waals surface area contributed by atoms with Gasteiger partial charge in [0.1, 0.15) is 15.7 Å². The van der Waals surface area contributed by atoms with Crippen LogP contribution in [0.5, 0.6) is 0 Å². The molecular formula is C13H17ClFNO3S. The standard InChI is InChI=1S/C13H17ClFNO3S/c1-20(18,19)10-5-9(6-10)16-7-13(17)11-3-2-8(15)4-12(11)14/h2-4,9-10,13,16-17H,5-7H2,1H3. The summed E-state index contributed by atoms with van der Waals surface area (Å²) in [5, 5.41) is 13.0. The third-order valence-electron chi connectivity index (χ3n) is 3.62. The maximum absolute atomic E-state index is 12.9. The molecule has 4 nitrogen and oxygen atoms in total. The van der Waals surface area contributed by atoms with Crippen molar-refractivity contribution in [2.24, 2.45) is 0 Å². The summed E-state index contributed by atoms with van der Waals surface area (Å²) in [4.78, 5) is 0. The van der Waals surface area contributed by atoms with Crippen LogP contribution >= 0.6 is 11.6 Å². The van der Waals surface area contributed by atoms with Crippen molar-refractivity contribution in [1.82, 2.24) is 5.32 Å². The molecule has 1 fully saturated rings. The van der Waals surface area contributed by atoms with Gasteiger partial charge in [-0.15, -0.1) is 0 Å². The van der Waals surface area contributed by atoms with Crippen molar-refractivity contribution in [3.05, 3.63) is 34.6 Å². The smallest absolute Gasteiger partial charge is 0.150 e. The largest absolute Gasteiger partial charge is 0.387 e. The molecule has 0 spiro atoms. The molecule has 1 saturated carbocycles. The van der Waals surface area contributed by atoms with Crippen molar-refractivity contribution in [2.75, 3.05) is 12.8 Å². The lowest BCUT2D eigenvalue weighted by atomic mass is 9.92. The van der Waals surface area contributed by atoms with Gasteiger partial charge in [0.15, 0.2) is 0 Å².